The molecule has 0 atom stereocenters. The van der Waals surface area contributed by atoms with Crippen LogP contribution in [-0.4, -0.2) is 29.9 Å². The maximum atomic E-state index is 5.11. The highest BCUT2D eigenvalue weighted by atomic mass is 14.8. The van der Waals surface area contributed by atoms with Crippen molar-refractivity contribution in [3.8, 4) is 22.5 Å². The monoisotopic (exact) mass is 464 g/mol. The van der Waals surface area contributed by atoms with Crippen molar-refractivity contribution in [1.29, 1.82) is 0 Å². The van der Waals surface area contributed by atoms with Crippen LogP contribution in [0.3, 0.4) is 0 Å². The van der Waals surface area contributed by atoms with Crippen LogP contribution >= 0.6 is 0 Å². The van der Waals surface area contributed by atoms with E-state index in [2.05, 4.69) is 44.2 Å². The fourth-order valence-corrected chi connectivity index (χ4v) is 4.63. The summed E-state index contributed by atoms with van der Waals surface area (Å²) in [6.45, 7) is 0. The lowest BCUT2D eigenvalue weighted by Crippen LogP contribution is -1.90. The summed E-state index contributed by atoms with van der Waals surface area (Å²) in [6.07, 6.45) is 11.7. The molecule has 5 aromatic rings. The van der Waals surface area contributed by atoms with Gasteiger partial charge >= 0.3 is 0 Å². The lowest BCUT2D eigenvalue weighted by Gasteiger charge is -2.03. The Kier molecular flexibility index (Phi) is 4.67. The summed E-state index contributed by atoms with van der Waals surface area (Å²) in [4.78, 5) is 26.3. The minimum atomic E-state index is 0.838. The predicted molar refractivity (Wildman–Crippen MR) is 145 cm³/mol. The maximum Gasteiger partial charge on any atom is 0.0753 e. The molecule has 6 heteroatoms. The van der Waals surface area contributed by atoms with Crippen LogP contribution in [-0.2, 0) is 0 Å². The van der Waals surface area contributed by atoms with Gasteiger partial charge in [-0.2, -0.15) is 0 Å². The summed E-state index contributed by atoms with van der Waals surface area (Å²) in [5.41, 5.74) is 10.8. The van der Waals surface area contributed by atoms with Gasteiger partial charge in [-0.25, -0.2) is 9.97 Å². The largest absolute Gasteiger partial charge is 0.355 e. The molecule has 0 unspecified atom stereocenters. The van der Waals surface area contributed by atoms with E-state index < -0.39 is 0 Å². The van der Waals surface area contributed by atoms with Crippen molar-refractivity contribution in [3.63, 3.8) is 0 Å². The van der Waals surface area contributed by atoms with Crippen molar-refractivity contribution < 1.29 is 0 Å². The smallest absolute Gasteiger partial charge is 0.0753 e. The number of aromatic nitrogens is 6. The topological polar surface area (TPSA) is 83.1 Å². The van der Waals surface area contributed by atoms with Crippen molar-refractivity contribution in [2.24, 2.45) is 0 Å². The van der Waals surface area contributed by atoms with Crippen molar-refractivity contribution in [3.05, 3.63) is 108 Å². The van der Waals surface area contributed by atoms with Crippen molar-refractivity contribution >= 4 is 46.4 Å². The number of nitrogens with zero attached hydrogens (tertiary/aromatic N) is 4. The van der Waals surface area contributed by atoms with Gasteiger partial charge in [0, 0.05) is 34.6 Å². The van der Waals surface area contributed by atoms with Gasteiger partial charge in [0.2, 0.25) is 0 Å². The first-order valence-electron chi connectivity index (χ1n) is 11.7. The zero-order valence-corrected chi connectivity index (χ0v) is 19.2. The van der Waals surface area contributed by atoms with E-state index in [1.807, 2.05) is 72.8 Å². The molecule has 0 saturated carbocycles. The Morgan fingerprint density at radius 1 is 0.500 bits per heavy atom. The molecule has 8 bridgehead atoms. The third-order valence-corrected chi connectivity index (χ3v) is 6.24. The minimum Gasteiger partial charge on any atom is -0.355 e. The summed E-state index contributed by atoms with van der Waals surface area (Å²) < 4.78 is 0. The SMILES string of the molecule is C1=Cc2cc3ccc([nH]3)c(-c3ccccn3)c3nc(c(-c4ccccn4)c4ccc(cc1n2)[nH]4)C=C3. The molecule has 7 rings (SSSR count). The van der Waals surface area contributed by atoms with Crippen LogP contribution in [0.1, 0.15) is 22.8 Å². The molecule has 0 aliphatic carbocycles. The second-order valence-electron chi connectivity index (χ2n) is 8.63. The second-order valence-corrected chi connectivity index (χ2v) is 8.63. The molecule has 5 aromatic heterocycles. The van der Waals surface area contributed by atoms with Gasteiger partial charge in [0.1, 0.15) is 0 Å². The highest BCUT2D eigenvalue weighted by Crippen LogP contribution is 2.32. The molecule has 0 fully saturated rings. The second kappa shape index (κ2) is 8.29. The highest BCUT2D eigenvalue weighted by molar-refractivity contribution is 5.94. The fourth-order valence-electron chi connectivity index (χ4n) is 4.63. The van der Waals surface area contributed by atoms with Crippen LogP contribution in [0.15, 0.2) is 85.2 Å². The number of fused-ring (bicyclic) bond motifs is 8. The zero-order valence-electron chi connectivity index (χ0n) is 19.2. The Morgan fingerprint density at radius 3 is 1.50 bits per heavy atom. The van der Waals surface area contributed by atoms with Crippen LogP contribution in [0.4, 0.5) is 0 Å². The lowest BCUT2D eigenvalue weighted by molar-refractivity contribution is 1.26. The summed E-state index contributed by atoms with van der Waals surface area (Å²) in [6, 6.07) is 24.2. The molecule has 0 saturated heterocycles. The van der Waals surface area contributed by atoms with E-state index in [1.54, 1.807) is 12.4 Å². The van der Waals surface area contributed by atoms with Gasteiger partial charge in [-0.15, -0.1) is 0 Å². The quantitative estimate of drug-likeness (QED) is 0.295. The molecule has 6 nitrogen and oxygen atoms in total. The minimum absolute atomic E-state index is 0.838. The van der Waals surface area contributed by atoms with Crippen LogP contribution < -0.4 is 0 Å². The molecule has 2 aliphatic rings. The average Bonchev–Trinajstić information content (AvgIpc) is 3.72. The van der Waals surface area contributed by atoms with Gasteiger partial charge in [-0.1, -0.05) is 12.1 Å². The molecule has 2 N–H and O–H groups in total. The molecular weight excluding hydrogens is 444 g/mol. The Balaban J connectivity index is 1.64. The highest BCUT2D eigenvalue weighted by Gasteiger charge is 2.15. The summed E-state index contributed by atoms with van der Waals surface area (Å²) in [5, 5.41) is 0. The van der Waals surface area contributed by atoms with Gasteiger partial charge in [0.05, 0.1) is 45.2 Å². The molecule has 0 spiro atoms. The zero-order chi connectivity index (χ0) is 23.9. The van der Waals surface area contributed by atoms with Crippen LogP contribution in [0.25, 0.3) is 68.9 Å². The van der Waals surface area contributed by atoms with Crippen molar-refractivity contribution in [2.75, 3.05) is 0 Å². The van der Waals surface area contributed by atoms with E-state index in [0.29, 0.717) is 0 Å². The van der Waals surface area contributed by atoms with Crippen molar-refractivity contribution in [2.45, 2.75) is 0 Å². The third-order valence-electron chi connectivity index (χ3n) is 6.24. The molecule has 0 amide bonds. The van der Waals surface area contributed by atoms with Crippen LogP contribution in [0.2, 0.25) is 0 Å². The first kappa shape index (κ1) is 20.3. The molecule has 36 heavy (non-hydrogen) atoms. The summed E-state index contributed by atoms with van der Waals surface area (Å²) in [7, 11) is 0. The van der Waals surface area contributed by atoms with E-state index in [0.717, 1.165) is 67.4 Å². The van der Waals surface area contributed by atoms with Gasteiger partial charge in [-0.3, -0.25) is 9.97 Å². The first-order valence-corrected chi connectivity index (χ1v) is 11.7. The number of pyridine rings is 2. The molecule has 2 aliphatic heterocycles. The predicted octanol–water partition coefficient (Wildman–Crippen LogP) is 6.78. The number of H-pyrrole nitrogens is 2. The number of rotatable bonds is 2. The van der Waals surface area contributed by atoms with E-state index in [1.165, 1.54) is 0 Å². The van der Waals surface area contributed by atoms with Gasteiger partial charge in [0.25, 0.3) is 0 Å². The van der Waals surface area contributed by atoms with E-state index in [9.17, 15) is 0 Å². The van der Waals surface area contributed by atoms with Gasteiger partial charge in [-0.05, 0) is 85.0 Å². The molecule has 0 aromatic carbocycles. The Hall–Kier alpha value is -5.10. The van der Waals surface area contributed by atoms with Crippen LogP contribution in [0.5, 0.6) is 0 Å². The Bertz CT molecular complexity index is 1700. The number of hydrogen-bond donors (Lipinski definition) is 2. The van der Waals surface area contributed by atoms with Crippen molar-refractivity contribution in [1.82, 2.24) is 29.9 Å². The maximum absolute atomic E-state index is 5.11. The van der Waals surface area contributed by atoms with Gasteiger partial charge < -0.3 is 9.97 Å². The Morgan fingerprint density at radius 2 is 1.03 bits per heavy atom. The first-order chi connectivity index (χ1) is 17.8. The van der Waals surface area contributed by atoms with E-state index >= 15 is 0 Å². The number of nitrogens with one attached hydrogen (secondary N) is 2. The van der Waals surface area contributed by atoms with E-state index in [-0.39, 0.29) is 0 Å². The molecule has 7 heterocycles. The number of aromatic amines is 2. The average molecular weight is 465 g/mol. The van der Waals surface area contributed by atoms with Crippen LogP contribution in [0, 0.1) is 0 Å². The summed E-state index contributed by atoms with van der Waals surface area (Å²) >= 11 is 0. The lowest BCUT2D eigenvalue weighted by atomic mass is 10.1. The third kappa shape index (κ3) is 3.61. The number of hydrogen-bond acceptors (Lipinski definition) is 4. The van der Waals surface area contributed by atoms with Gasteiger partial charge in [0.15, 0.2) is 0 Å². The normalized spacial score (nSPS) is 12.2. The summed E-state index contributed by atoms with van der Waals surface area (Å²) in [5.74, 6) is 0. The molecule has 0 radical (unpaired) electrons. The Labute approximate surface area is 206 Å². The fraction of sp³-hybridized carbons (Fsp3) is 0. The standard InChI is InChI=1S/C30H20N6/c1-3-15-31-23(5-1)29-25-11-9-21(34-25)17-19-7-8-20(33-19)18-22-10-12-26(35-22)30(24-6-2-4-16-32-24)28-14-13-27(29)36-28/h1-18,34-35H. The molecular formula is C30H20N6. The molecule has 170 valence electrons. The van der Waals surface area contributed by atoms with E-state index in [4.69, 9.17) is 9.97 Å².